The third-order valence-electron chi connectivity index (χ3n) is 14.7. The van der Waals surface area contributed by atoms with Crippen LogP contribution in [0, 0.1) is 0 Å². The molecule has 2 aliphatic rings. The summed E-state index contributed by atoms with van der Waals surface area (Å²) in [6, 6.07) is 95.3. The number of hydrogen-bond acceptors (Lipinski definition) is 2. The van der Waals surface area contributed by atoms with Crippen LogP contribution < -0.4 is 4.90 Å². The van der Waals surface area contributed by atoms with Gasteiger partial charge in [0.2, 0.25) is 0 Å². The molecule has 2 aliphatic carbocycles. The van der Waals surface area contributed by atoms with Crippen molar-refractivity contribution in [3.05, 3.63) is 283 Å². The SMILES string of the molecule is c1ccc(-c2ccc(-c3ccc(N(c4ccc(-c5ccccc5)cc4)c4c5c(cc6oc7cc(-c8ccccc8)ccc7c46)C4(c6ccccc6-c6ccccc64)c4ccccc4-5)cc3)cc2)cc1. The van der Waals surface area contributed by atoms with Crippen molar-refractivity contribution in [2.75, 3.05) is 4.90 Å². The topological polar surface area (TPSA) is 16.4 Å². The van der Waals surface area contributed by atoms with E-state index in [1.807, 2.05) is 0 Å². The van der Waals surface area contributed by atoms with Gasteiger partial charge in [0, 0.05) is 22.3 Å². The van der Waals surface area contributed by atoms with E-state index >= 15 is 0 Å². The normalized spacial score (nSPS) is 12.8. The Bertz CT molecular complexity index is 3860. The largest absolute Gasteiger partial charge is 0.456 e. The van der Waals surface area contributed by atoms with Crippen molar-refractivity contribution in [3.8, 4) is 66.8 Å². The average molecular weight is 878 g/mol. The van der Waals surface area contributed by atoms with E-state index in [1.165, 1.54) is 72.3 Å². The molecule has 12 aromatic rings. The number of anilines is 3. The van der Waals surface area contributed by atoms with Crippen molar-refractivity contribution >= 4 is 39.0 Å². The monoisotopic (exact) mass is 877 g/mol. The molecule has 2 heteroatoms. The molecular weight excluding hydrogens is 835 g/mol. The first-order valence-electron chi connectivity index (χ1n) is 23.8. The first-order valence-corrected chi connectivity index (χ1v) is 23.8. The van der Waals surface area contributed by atoms with Gasteiger partial charge in [-0.15, -0.1) is 0 Å². The zero-order valence-electron chi connectivity index (χ0n) is 37.7. The molecular formula is C67H43NO. The second-order valence-electron chi connectivity index (χ2n) is 18.3. The first-order chi connectivity index (χ1) is 34.2. The van der Waals surface area contributed by atoms with Crippen molar-refractivity contribution in [3.63, 3.8) is 0 Å². The van der Waals surface area contributed by atoms with Gasteiger partial charge in [-0.3, -0.25) is 0 Å². The summed E-state index contributed by atoms with van der Waals surface area (Å²) in [4.78, 5) is 2.50. The van der Waals surface area contributed by atoms with Gasteiger partial charge in [-0.2, -0.15) is 0 Å². The highest BCUT2D eigenvalue weighted by molar-refractivity contribution is 6.20. The van der Waals surface area contributed by atoms with E-state index in [0.29, 0.717) is 0 Å². The zero-order valence-corrected chi connectivity index (χ0v) is 37.7. The molecule has 1 aromatic heterocycles. The molecule has 2 nitrogen and oxygen atoms in total. The minimum atomic E-state index is -0.575. The third-order valence-corrected chi connectivity index (χ3v) is 14.7. The Labute approximate surface area is 401 Å². The summed E-state index contributed by atoms with van der Waals surface area (Å²) < 4.78 is 7.25. The zero-order chi connectivity index (χ0) is 45.5. The summed E-state index contributed by atoms with van der Waals surface area (Å²) in [6.07, 6.45) is 0. The van der Waals surface area contributed by atoms with Crippen LogP contribution in [-0.4, -0.2) is 0 Å². The highest BCUT2D eigenvalue weighted by Gasteiger charge is 2.53. The van der Waals surface area contributed by atoms with Crippen LogP contribution in [0.25, 0.3) is 88.7 Å². The fourth-order valence-corrected chi connectivity index (χ4v) is 11.6. The number of nitrogens with zero attached hydrogens (tertiary/aromatic N) is 1. The predicted molar refractivity (Wildman–Crippen MR) is 286 cm³/mol. The molecule has 0 aliphatic heterocycles. The van der Waals surface area contributed by atoms with Gasteiger partial charge < -0.3 is 9.32 Å². The van der Waals surface area contributed by atoms with Gasteiger partial charge in [0.15, 0.2) is 0 Å². The molecule has 0 bridgehead atoms. The number of furan rings is 1. The Hall–Kier alpha value is -8.98. The van der Waals surface area contributed by atoms with E-state index in [-0.39, 0.29) is 0 Å². The van der Waals surface area contributed by atoms with Crippen LogP contribution in [0.2, 0.25) is 0 Å². The number of rotatable bonds is 7. The second-order valence-corrected chi connectivity index (χ2v) is 18.3. The Kier molecular flexibility index (Phi) is 8.84. The van der Waals surface area contributed by atoms with Crippen molar-refractivity contribution < 1.29 is 4.42 Å². The summed E-state index contributed by atoms with van der Waals surface area (Å²) >= 11 is 0. The summed E-state index contributed by atoms with van der Waals surface area (Å²) in [5.41, 5.74) is 23.9. The maximum Gasteiger partial charge on any atom is 0.137 e. The first kappa shape index (κ1) is 39.2. The average Bonchev–Trinajstić information content (AvgIpc) is 4.05. The van der Waals surface area contributed by atoms with Gasteiger partial charge in [-0.25, -0.2) is 0 Å². The summed E-state index contributed by atoms with van der Waals surface area (Å²) in [7, 11) is 0. The molecule has 0 radical (unpaired) electrons. The Morgan fingerprint density at radius 3 is 1.16 bits per heavy atom. The van der Waals surface area contributed by atoms with Gasteiger partial charge in [0.05, 0.1) is 16.5 Å². The van der Waals surface area contributed by atoms with Gasteiger partial charge in [-0.05, 0) is 126 Å². The standard InChI is InChI=1S/C67H43NO/c1-4-16-44(17-5-1)47-28-30-48(31-29-47)50-34-39-53(40-35-50)68(52-37-32-49(33-38-52)45-18-6-2-7-19-45)66-64-56-24-12-15-27-60(56)67(58-25-13-10-22-54(58)55-23-11-14-26-59(55)67)61(64)43-63-65(66)57-41-36-51(42-62(57)69-63)46-20-8-3-9-21-46/h1-43H. The van der Waals surface area contributed by atoms with E-state index in [0.717, 1.165) is 55.7 Å². The number of fused-ring (bicyclic) bond motifs is 13. The number of hydrogen-bond donors (Lipinski definition) is 0. The lowest BCUT2D eigenvalue weighted by atomic mass is 9.70. The second kappa shape index (κ2) is 15.6. The Morgan fingerprint density at radius 1 is 0.290 bits per heavy atom. The van der Waals surface area contributed by atoms with Crippen LogP contribution in [0.1, 0.15) is 22.3 Å². The number of benzene rings is 11. The van der Waals surface area contributed by atoms with Crippen LogP contribution in [0.3, 0.4) is 0 Å². The van der Waals surface area contributed by atoms with E-state index in [4.69, 9.17) is 4.42 Å². The molecule has 1 spiro atoms. The van der Waals surface area contributed by atoms with E-state index in [9.17, 15) is 0 Å². The third kappa shape index (κ3) is 5.99. The molecule has 1 heterocycles. The van der Waals surface area contributed by atoms with Gasteiger partial charge in [-0.1, -0.05) is 218 Å². The van der Waals surface area contributed by atoms with Gasteiger partial charge in [0.25, 0.3) is 0 Å². The molecule has 11 aromatic carbocycles. The quantitative estimate of drug-likeness (QED) is 0.159. The molecule has 0 saturated carbocycles. The molecule has 0 saturated heterocycles. The highest BCUT2D eigenvalue weighted by atomic mass is 16.3. The van der Waals surface area contributed by atoms with E-state index < -0.39 is 5.41 Å². The lowest BCUT2D eigenvalue weighted by molar-refractivity contribution is 0.667. The Balaban J connectivity index is 1.06. The van der Waals surface area contributed by atoms with Gasteiger partial charge in [0.1, 0.15) is 11.2 Å². The lowest BCUT2D eigenvalue weighted by Crippen LogP contribution is -2.26. The van der Waals surface area contributed by atoms with Crippen molar-refractivity contribution in [2.45, 2.75) is 5.41 Å². The summed E-state index contributed by atoms with van der Waals surface area (Å²) in [5.74, 6) is 0. The molecule has 0 N–H and O–H groups in total. The molecule has 0 unspecified atom stereocenters. The van der Waals surface area contributed by atoms with Crippen LogP contribution >= 0.6 is 0 Å². The molecule has 0 fully saturated rings. The highest BCUT2D eigenvalue weighted by Crippen LogP contribution is 2.66. The summed E-state index contributed by atoms with van der Waals surface area (Å²) in [6.45, 7) is 0. The maximum atomic E-state index is 7.25. The van der Waals surface area contributed by atoms with Crippen LogP contribution in [0.4, 0.5) is 17.1 Å². The summed E-state index contributed by atoms with van der Waals surface area (Å²) in [5, 5.41) is 2.16. The smallest absolute Gasteiger partial charge is 0.137 e. The van der Waals surface area contributed by atoms with Crippen molar-refractivity contribution in [1.29, 1.82) is 0 Å². The van der Waals surface area contributed by atoms with Crippen LogP contribution in [0.5, 0.6) is 0 Å². The molecule has 14 rings (SSSR count). The van der Waals surface area contributed by atoms with E-state index in [2.05, 4.69) is 266 Å². The molecule has 322 valence electrons. The van der Waals surface area contributed by atoms with E-state index in [1.54, 1.807) is 0 Å². The van der Waals surface area contributed by atoms with Gasteiger partial charge >= 0.3 is 0 Å². The minimum Gasteiger partial charge on any atom is -0.456 e. The fraction of sp³-hybridized carbons (Fsp3) is 0.0149. The minimum absolute atomic E-state index is 0.575. The maximum absolute atomic E-state index is 7.25. The molecule has 0 amide bonds. The van der Waals surface area contributed by atoms with Crippen LogP contribution in [0.15, 0.2) is 265 Å². The molecule has 69 heavy (non-hydrogen) atoms. The van der Waals surface area contributed by atoms with Crippen LogP contribution in [-0.2, 0) is 5.41 Å². The fourth-order valence-electron chi connectivity index (χ4n) is 11.6. The van der Waals surface area contributed by atoms with Crippen molar-refractivity contribution in [1.82, 2.24) is 0 Å². The molecule has 0 atom stereocenters. The predicted octanol–water partition coefficient (Wildman–Crippen LogP) is 18.1. The van der Waals surface area contributed by atoms with Crippen molar-refractivity contribution in [2.24, 2.45) is 0 Å². The lowest BCUT2D eigenvalue weighted by Gasteiger charge is -2.32. The Morgan fingerprint density at radius 2 is 0.667 bits per heavy atom.